The first-order valence-electron chi connectivity index (χ1n) is 9.27. The molecule has 146 valence electrons. The van der Waals surface area contributed by atoms with Crippen molar-refractivity contribution in [3.63, 3.8) is 0 Å². The second-order valence-corrected chi connectivity index (χ2v) is 7.89. The molecular formula is C20H22N4O3S. The number of benzene rings is 1. The van der Waals surface area contributed by atoms with Gasteiger partial charge in [0.2, 0.25) is 5.91 Å². The van der Waals surface area contributed by atoms with E-state index in [4.69, 9.17) is 4.74 Å². The fraction of sp³-hybridized carbons (Fsp3) is 0.350. The smallest absolute Gasteiger partial charge is 0.267 e. The summed E-state index contributed by atoms with van der Waals surface area (Å²) in [7, 11) is 0. The number of thiazole rings is 1. The van der Waals surface area contributed by atoms with Crippen LogP contribution in [0.5, 0.6) is 0 Å². The number of hydrogen-bond donors (Lipinski definition) is 2. The minimum Gasteiger partial charge on any atom is -0.376 e. The number of rotatable bonds is 5. The van der Waals surface area contributed by atoms with E-state index < -0.39 is 0 Å². The third-order valence-electron chi connectivity index (χ3n) is 4.82. The van der Waals surface area contributed by atoms with Gasteiger partial charge in [-0.2, -0.15) is 0 Å². The van der Waals surface area contributed by atoms with Crippen molar-refractivity contribution in [1.82, 2.24) is 9.97 Å². The van der Waals surface area contributed by atoms with Gasteiger partial charge in [-0.1, -0.05) is 11.3 Å². The minimum atomic E-state index is -0.225. The Hall–Kier alpha value is -2.71. The number of fused-ring (bicyclic) bond motifs is 1. The number of anilines is 2. The van der Waals surface area contributed by atoms with E-state index in [1.54, 1.807) is 11.8 Å². The van der Waals surface area contributed by atoms with Gasteiger partial charge in [-0.25, -0.2) is 4.98 Å². The molecule has 3 heterocycles. The molecule has 0 aliphatic carbocycles. The molecule has 0 saturated carbocycles. The first-order valence-corrected chi connectivity index (χ1v) is 10.1. The summed E-state index contributed by atoms with van der Waals surface area (Å²) in [6.07, 6.45) is 3.83. The zero-order chi connectivity index (χ0) is 19.7. The number of carbonyl (C=O) groups excluding carboxylic acids is 2. The van der Waals surface area contributed by atoms with Crippen molar-refractivity contribution >= 4 is 44.9 Å². The lowest BCUT2D eigenvalue weighted by atomic mass is 10.2. The Morgan fingerprint density at radius 1 is 1.39 bits per heavy atom. The Morgan fingerprint density at radius 2 is 2.25 bits per heavy atom. The minimum absolute atomic E-state index is 0.0264. The molecule has 1 aliphatic rings. The van der Waals surface area contributed by atoms with Crippen molar-refractivity contribution in [2.24, 2.45) is 0 Å². The Kier molecular flexibility index (Phi) is 5.15. The molecule has 1 atom stereocenters. The highest BCUT2D eigenvalue weighted by atomic mass is 32.1. The van der Waals surface area contributed by atoms with Crippen LogP contribution in [0.1, 0.15) is 35.1 Å². The SMILES string of the molecule is CC(=O)N(C[C@H]1CCCO1)c1nc(C)c(C(=O)Nc2ccc3[nH]ccc3c2)s1. The standard InChI is InChI=1S/C20H22N4O3S/c1-12-18(19(26)23-15-5-6-17-14(10-15)7-8-21-17)28-20(22-12)24(13(2)25)11-16-4-3-9-27-16/h5-8,10,16,21H,3-4,9,11H2,1-2H3,(H,23,26)/t16-/m1/s1. The summed E-state index contributed by atoms with van der Waals surface area (Å²) in [5.41, 5.74) is 2.34. The Balaban J connectivity index is 1.53. The molecule has 1 aliphatic heterocycles. The van der Waals surface area contributed by atoms with E-state index in [2.05, 4.69) is 15.3 Å². The molecule has 7 nitrogen and oxygen atoms in total. The van der Waals surface area contributed by atoms with E-state index in [0.717, 1.165) is 30.4 Å². The van der Waals surface area contributed by atoms with Crippen LogP contribution in [0.3, 0.4) is 0 Å². The van der Waals surface area contributed by atoms with Crippen molar-refractivity contribution in [2.45, 2.75) is 32.8 Å². The fourth-order valence-corrected chi connectivity index (χ4v) is 4.38. The summed E-state index contributed by atoms with van der Waals surface area (Å²) in [4.78, 5) is 34.6. The topological polar surface area (TPSA) is 87.3 Å². The van der Waals surface area contributed by atoms with Gasteiger partial charge >= 0.3 is 0 Å². The molecule has 2 amide bonds. The molecule has 2 N–H and O–H groups in total. The predicted octanol–water partition coefficient (Wildman–Crippen LogP) is 3.72. The summed E-state index contributed by atoms with van der Waals surface area (Å²) in [6.45, 7) is 4.49. The number of aromatic nitrogens is 2. The van der Waals surface area contributed by atoms with Crippen LogP contribution in [0.15, 0.2) is 30.5 Å². The maximum atomic E-state index is 12.8. The summed E-state index contributed by atoms with van der Waals surface area (Å²) < 4.78 is 5.65. The highest BCUT2D eigenvalue weighted by Gasteiger charge is 2.26. The highest BCUT2D eigenvalue weighted by molar-refractivity contribution is 7.17. The number of carbonyl (C=O) groups is 2. The van der Waals surface area contributed by atoms with E-state index in [9.17, 15) is 9.59 Å². The lowest BCUT2D eigenvalue weighted by molar-refractivity contribution is -0.116. The quantitative estimate of drug-likeness (QED) is 0.686. The number of ether oxygens (including phenoxy) is 1. The largest absolute Gasteiger partial charge is 0.376 e. The molecular weight excluding hydrogens is 376 g/mol. The molecule has 0 unspecified atom stereocenters. The van der Waals surface area contributed by atoms with Gasteiger partial charge in [0.1, 0.15) is 4.88 Å². The third kappa shape index (κ3) is 3.79. The van der Waals surface area contributed by atoms with Gasteiger partial charge in [-0.3, -0.25) is 14.5 Å². The van der Waals surface area contributed by atoms with E-state index in [1.807, 2.05) is 30.5 Å². The van der Waals surface area contributed by atoms with E-state index in [0.29, 0.717) is 27.9 Å². The first kappa shape index (κ1) is 18.6. The van der Waals surface area contributed by atoms with Crippen LogP contribution in [0.2, 0.25) is 0 Å². The van der Waals surface area contributed by atoms with Gasteiger partial charge in [0.15, 0.2) is 5.13 Å². The van der Waals surface area contributed by atoms with Crippen LogP contribution in [-0.2, 0) is 9.53 Å². The Bertz CT molecular complexity index is 1020. The Labute approximate surface area is 166 Å². The van der Waals surface area contributed by atoms with Crippen molar-refractivity contribution in [3.8, 4) is 0 Å². The summed E-state index contributed by atoms with van der Waals surface area (Å²) >= 11 is 1.23. The molecule has 1 saturated heterocycles. The van der Waals surface area contributed by atoms with Gasteiger partial charge in [0.25, 0.3) is 5.91 Å². The van der Waals surface area contributed by atoms with Crippen molar-refractivity contribution in [2.75, 3.05) is 23.4 Å². The summed E-state index contributed by atoms with van der Waals surface area (Å²) in [5.74, 6) is -0.328. The Morgan fingerprint density at radius 3 is 3.00 bits per heavy atom. The number of aromatic amines is 1. The number of H-pyrrole nitrogens is 1. The van der Waals surface area contributed by atoms with Gasteiger partial charge in [-0.05, 0) is 44.0 Å². The van der Waals surface area contributed by atoms with Gasteiger partial charge in [-0.15, -0.1) is 0 Å². The molecule has 2 aromatic heterocycles. The first-order chi connectivity index (χ1) is 13.5. The van der Waals surface area contributed by atoms with Crippen molar-refractivity contribution in [1.29, 1.82) is 0 Å². The average molecular weight is 398 g/mol. The van der Waals surface area contributed by atoms with E-state index >= 15 is 0 Å². The lowest BCUT2D eigenvalue weighted by Gasteiger charge is -2.21. The molecule has 28 heavy (non-hydrogen) atoms. The number of nitrogens with zero attached hydrogens (tertiary/aromatic N) is 2. The van der Waals surface area contributed by atoms with Gasteiger partial charge in [0, 0.05) is 36.3 Å². The maximum absolute atomic E-state index is 12.8. The zero-order valence-corrected chi connectivity index (χ0v) is 16.6. The molecule has 0 bridgehead atoms. The van der Waals surface area contributed by atoms with Crippen LogP contribution in [0.25, 0.3) is 10.9 Å². The molecule has 4 rings (SSSR count). The predicted molar refractivity (Wildman–Crippen MR) is 110 cm³/mol. The average Bonchev–Trinajstić information content (AvgIpc) is 3.39. The second kappa shape index (κ2) is 7.73. The van der Waals surface area contributed by atoms with E-state index in [-0.39, 0.29) is 17.9 Å². The van der Waals surface area contributed by atoms with Crippen LogP contribution in [0.4, 0.5) is 10.8 Å². The summed E-state index contributed by atoms with van der Waals surface area (Å²) in [5, 5.41) is 4.49. The zero-order valence-electron chi connectivity index (χ0n) is 15.8. The third-order valence-corrected chi connectivity index (χ3v) is 6.00. The van der Waals surface area contributed by atoms with Gasteiger partial charge in [0.05, 0.1) is 18.3 Å². The van der Waals surface area contributed by atoms with E-state index in [1.165, 1.54) is 18.3 Å². The number of nitrogens with one attached hydrogen (secondary N) is 2. The van der Waals surface area contributed by atoms with Crippen LogP contribution in [-0.4, -0.2) is 41.0 Å². The lowest BCUT2D eigenvalue weighted by Crippen LogP contribution is -2.35. The van der Waals surface area contributed by atoms with Crippen molar-refractivity contribution < 1.29 is 14.3 Å². The molecule has 1 aromatic carbocycles. The highest BCUT2D eigenvalue weighted by Crippen LogP contribution is 2.29. The van der Waals surface area contributed by atoms with Crippen LogP contribution >= 0.6 is 11.3 Å². The van der Waals surface area contributed by atoms with Gasteiger partial charge < -0.3 is 15.0 Å². The molecule has 0 spiro atoms. The molecule has 8 heteroatoms. The maximum Gasteiger partial charge on any atom is 0.267 e. The molecule has 3 aromatic rings. The molecule has 1 fully saturated rings. The monoisotopic (exact) mass is 398 g/mol. The molecule has 0 radical (unpaired) electrons. The number of aryl methyl sites for hydroxylation is 1. The second-order valence-electron chi connectivity index (χ2n) is 6.91. The summed E-state index contributed by atoms with van der Waals surface area (Å²) in [6, 6.07) is 7.65. The van der Waals surface area contributed by atoms with Crippen LogP contribution < -0.4 is 10.2 Å². The van der Waals surface area contributed by atoms with Crippen LogP contribution in [0, 0.1) is 6.92 Å². The number of hydrogen-bond acceptors (Lipinski definition) is 5. The van der Waals surface area contributed by atoms with Crippen molar-refractivity contribution in [3.05, 3.63) is 41.0 Å². The number of amides is 2. The fourth-order valence-electron chi connectivity index (χ4n) is 3.36. The normalized spacial score (nSPS) is 16.4.